The molecule has 1 heterocycles. The highest BCUT2D eigenvalue weighted by molar-refractivity contribution is 5.14. The van der Waals surface area contributed by atoms with Crippen molar-refractivity contribution in [2.24, 2.45) is 11.7 Å². The summed E-state index contributed by atoms with van der Waals surface area (Å²) >= 11 is 0. The van der Waals surface area contributed by atoms with Gasteiger partial charge in [-0.15, -0.1) is 0 Å². The second-order valence-electron chi connectivity index (χ2n) is 5.19. The van der Waals surface area contributed by atoms with Gasteiger partial charge in [-0.2, -0.15) is 0 Å². The van der Waals surface area contributed by atoms with Crippen LogP contribution in [0.4, 0.5) is 0 Å². The zero-order valence-electron chi connectivity index (χ0n) is 10.1. The summed E-state index contributed by atoms with van der Waals surface area (Å²) in [4.78, 5) is 2.48. The average molecular weight is 232 g/mol. The summed E-state index contributed by atoms with van der Waals surface area (Å²) in [6.45, 7) is 3.95. The highest BCUT2D eigenvalue weighted by Gasteiger charge is 2.42. The molecular formula is C14H20N2O. The Labute approximate surface area is 103 Å². The molecule has 1 aromatic carbocycles. The molecule has 1 aliphatic carbocycles. The van der Waals surface area contributed by atoms with Crippen LogP contribution in [0.15, 0.2) is 30.3 Å². The number of hydrogen-bond donors (Lipinski definition) is 1. The quantitative estimate of drug-likeness (QED) is 0.852. The predicted octanol–water partition coefficient (Wildman–Crippen LogP) is 1.23. The molecule has 0 spiro atoms. The predicted molar refractivity (Wildman–Crippen MR) is 67.5 cm³/mol. The van der Waals surface area contributed by atoms with E-state index in [9.17, 15) is 0 Å². The molecule has 3 rings (SSSR count). The van der Waals surface area contributed by atoms with Crippen LogP contribution in [0.5, 0.6) is 0 Å². The summed E-state index contributed by atoms with van der Waals surface area (Å²) < 4.78 is 5.82. The maximum atomic E-state index is 5.90. The zero-order valence-corrected chi connectivity index (χ0v) is 10.1. The van der Waals surface area contributed by atoms with Gasteiger partial charge in [-0.1, -0.05) is 30.3 Å². The van der Waals surface area contributed by atoms with E-state index >= 15 is 0 Å². The van der Waals surface area contributed by atoms with E-state index in [-0.39, 0.29) is 0 Å². The molecule has 2 fully saturated rings. The topological polar surface area (TPSA) is 38.5 Å². The Hall–Kier alpha value is -0.900. The second-order valence-corrected chi connectivity index (χ2v) is 5.19. The molecule has 1 saturated carbocycles. The number of nitrogens with zero attached hydrogens (tertiary/aromatic N) is 1. The van der Waals surface area contributed by atoms with Crippen LogP contribution in [-0.2, 0) is 11.3 Å². The van der Waals surface area contributed by atoms with Crippen molar-refractivity contribution in [1.82, 2.24) is 4.90 Å². The SMILES string of the molecule is NC1CC1C1CN(Cc2ccccc2)CCO1. The van der Waals surface area contributed by atoms with Gasteiger partial charge in [0.15, 0.2) is 0 Å². The third kappa shape index (κ3) is 2.68. The van der Waals surface area contributed by atoms with E-state index in [1.54, 1.807) is 0 Å². The normalized spacial score (nSPS) is 33.6. The Morgan fingerprint density at radius 1 is 1.29 bits per heavy atom. The summed E-state index contributed by atoms with van der Waals surface area (Å²) in [5, 5.41) is 0. The van der Waals surface area contributed by atoms with E-state index in [2.05, 4.69) is 35.2 Å². The number of rotatable bonds is 3. The smallest absolute Gasteiger partial charge is 0.0746 e. The van der Waals surface area contributed by atoms with E-state index in [1.807, 2.05) is 0 Å². The minimum absolute atomic E-state index is 0.363. The van der Waals surface area contributed by atoms with Gasteiger partial charge in [-0.25, -0.2) is 0 Å². The van der Waals surface area contributed by atoms with Crippen LogP contribution in [0, 0.1) is 5.92 Å². The third-order valence-corrected chi connectivity index (χ3v) is 3.80. The first-order valence-electron chi connectivity index (χ1n) is 6.46. The van der Waals surface area contributed by atoms with E-state index in [4.69, 9.17) is 10.5 Å². The highest BCUT2D eigenvalue weighted by atomic mass is 16.5. The summed E-state index contributed by atoms with van der Waals surface area (Å²) in [5.74, 6) is 0.605. The van der Waals surface area contributed by atoms with Gasteiger partial charge >= 0.3 is 0 Å². The molecule has 1 aromatic rings. The lowest BCUT2D eigenvalue weighted by Crippen LogP contribution is -2.43. The fourth-order valence-electron chi connectivity index (χ4n) is 2.64. The van der Waals surface area contributed by atoms with Crippen LogP contribution in [0.2, 0.25) is 0 Å². The Morgan fingerprint density at radius 2 is 2.06 bits per heavy atom. The fourth-order valence-corrected chi connectivity index (χ4v) is 2.64. The summed E-state index contributed by atoms with van der Waals surface area (Å²) in [6, 6.07) is 11.0. The number of nitrogens with two attached hydrogens (primary N) is 1. The van der Waals surface area contributed by atoms with Crippen molar-refractivity contribution >= 4 is 0 Å². The van der Waals surface area contributed by atoms with Gasteiger partial charge in [-0.3, -0.25) is 4.90 Å². The van der Waals surface area contributed by atoms with Crippen LogP contribution in [0.1, 0.15) is 12.0 Å². The molecule has 1 aliphatic heterocycles. The van der Waals surface area contributed by atoms with Crippen LogP contribution >= 0.6 is 0 Å². The van der Waals surface area contributed by atoms with Crippen LogP contribution in [0.25, 0.3) is 0 Å². The molecule has 3 unspecified atom stereocenters. The van der Waals surface area contributed by atoms with Crippen molar-refractivity contribution in [3.8, 4) is 0 Å². The van der Waals surface area contributed by atoms with E-state index in [0.717, 1.165) is 32.7 Å². The molecule has 3 atom stereocenters. The molecule has 3 nitrogen and oxygen atoms in total. The molecule has 0 radical (unpaired) electrons. The first-order chi connectivity index (χ1) is 8.33. The first kappa shape index (κ1) is 11.2. The van der Waals surface area contributed by atoms with Gasteiger partial charge in [0.1, 0.15) is 0 Å². The zero-order chi connectivity index (χ0) is 11.7. The lowest BCUT2D eigenvalue weighted by molar-refractivity contribution is -0.0426. The van der Waals surface area contributed by atoms with E-state index < -0.39 is 0 Å². The lowest BCUT2D eigenvalue weighted by Gasteiger charge is -2.33. The molecule has 0 aromatic heterocycles. The van der Waals surface area contributed by atoms with Crippen LogP contribution < -0.4 is 5.73 Å². The van der Waals surface area contributed by atoms with Crippen molar-refractivity contribution in [1.29, 1.82) is 0 Å². The third-order valence-electron chi connectivity index (χ3n) is 3.80. The number of hydrogen-bond acceptors (Lipinski definition) is 3. The van der Waals surface area contributed by atoms with Crippen molar-refractivity contribution in [2.75, 3.05) is 19.7 Å². The Balaban J connectivity index is 1.57. The van der Waals surface area contributed by atoms with Gasteiger partial charge in [0, 0.05) is 31.6 Å². The molecule has 0 bridgehead atoms. The van der Waals surface area contributed by atoms with E-state index in [0.29, 0.717) is 18.1 Å². The summed E-state index contributed by atoms with van der Waals surface area (Å²) in [5.41, 5.74) is 7.28. The molecule has 2 N–H and O–H groups in total. The minimum Gasteiger partial charge on any atom is -0.375 e. The standard InChI is InChI=1S/C14H20N2O/c15-13-8-12(13)14-10-16(6-7-17-14)9-11-4-2-1-3-5-11/h1-5,12-14H,6-10,15H2. The van der Waals surface area contributed by atoms with Gasteiger partial charge < -0.3 is 10.5 Å². The molecular weight excluding hydrogens is 212 g/mol. The number of benzene rings is 1. The minimum atomic E-state index is 0.363. The van der Waals surface area contributed by atoms with Crippen LogP contribution in [-0.4, -0.2) is 36.7 Å². The summed E-state index contributed by atoms with van der Waals surface area (Å²) in [6.07, 6.45) is 1.51. The molecule has 17 heavy (non-hydrogen) atoms. The van der Waals surface area contributed by atoms with Gasteiger partial charge in [0.2, 0.25) is 0 Å². The fraction of sp³-hybridized carbons (Fsp3) is 0.571. The molecule has 92 valence electrons. The second kappa shape index (κ2) is 4.77. The van der Waals surface area contributed by atoms with Gasteiger partial charge in [-0.05, 0) is 12.0 Å². The average Bonchev–Trinajstić information content (AvgIpc) is 3.08. The van der Waals surface area contributed by atoms with E-state index in [1.165, 1.54) is 5.56 Å². The molecule has 0 amide bonds. The summed E-state index contributed by atoms with van der Waals surface area (Å²) in [7, 11) is 0. The largest absolute Gasteiger partial charge is 0.375 e. The van der Waals surface area contributed by atoms with Crippen molar-refractivity contribution in [3.63, 3.8) is 0 Å². The van der Waals surface area contributed by atoms with Gasteiger partial charge in [0.25, 0.3) is 0 Å². The maximum Gasteiger partial charge on any atom is 0.0746 e. The number of ether oxygens (including phenoxy) is 1. The lowest BCUT2D eigenvalue weighted by atomic mass is 10.1. The first-order valence-corrected chi connectivity index (χ1v) is 6.46. The van der Waals surface area contributed by atoms with Crippen LogP contribution in [0.3, 0.4) is 0 Å². The Kier molecular flexibility index (Phi) is 3.14. The van der Waals surface area contributed by atoms with Gasteiger partial charge in [0.05, 0.1) is 12.7 Å². The monoisotopic (exact) mass is 232 g/mol. The Morgan fingerprint density at radius 3 is 2.76 bits per heavy atom. The van der Waals surface area contributed by atoms with Crippen molar-refractivity contribution in [3.05, 3.63) is 35.9 Å². The van der Waals surface area contributed by atoms with Crippen molar-refractivity contribution in [2.45, 2.75) is 25.1 Å². The highest BCUT2D eigenvalue weighted by Crippen LogP contribution is 2.34. The molecule has 3 heteroatoms. The van der Waals surface area contributed by atoms with Crippen molar-refractivity contribution < 1.29 is 4.74 Å². The Bertz CT molecular complexity index is 368. The maximum absolute atomic E-state index is 5.90. The molecule has 2 aliphatic rings. The number of morpholine rings is 1. The molecule has 1 saturated heterocycles.